The van der Waals surface area contributed by atoms with Gasteiger partial charge in [-0.15, -0.1) is 0 Å². The molecular weight excluding hydrogens is 337 g/mol. The van der Waals surface area contributed by atoms with E-state index in [1.807, 2.05) is 20.8 Å². The van der Waals surface area contributed by atoms with E-state index >= 15 is 0 Å². The molecule has 2 bridgehead atoms. The maximum absolute atomic E-state index is 14.6. The SMILES string of the molecule is CC(C)(C)OC(=O)N1[C@@H]2CC[C@H]1CC(O)(c1c(F)cnc3[nH]ccc13)C2. The second kappa shape index (κ2) is 5.67. The lowest BCUT2D eigenvalue weighted by molar-refractivity contribution is -0.0632. The standard InChI is InChI=1S/C19H24FN3O3/c1-18(2,3)26-17(24)23-11-4-5-12(23)9-19(25,8-11)15-13-6-7-21-16(13)22-10-14(15)20/h6-7,10-12,25H,4-5,8-9H2,1-3H3,(H,21,22)/t11-,12+,19?. The van der Waals surface area contributed by atoms with E-state index in [9.17, 15) is 14.3 Å². The van der Waals surface area contributed by atoms with Crippen molar-refractivity contribution in [2.24, 2.45) is 0 Å². The van der Waals surface area contributed by atoms with Crippen molar-refractivity contribution in [3.8, 4) is 0 Å². The largest absolute Gasteiger partial charge is 0.444 e. The van der Waals surface area contributed by atoms with Gasteiger partial charge in [-0.3, -0.25) is 0 Å². The van der Waals surface area contributed by atoms with Crippen LogP contribution in [0.15, 0.2) is 18.5 Å². The summed E-state index contributed by atoms with van der Waals surface area (Å²) in [6.07, 6.45) is 4.65. The third kappa shape index (κ3) is 2.74. The van der Waals surface area contributed by atoms with Gasteiger partial charge in [0.05, 0.1) is 11.8 Å². The summed E-state index contributed by atoms with van der Waals surface area (Å²) >= 11 is 0. The minimum atomic E-state index is -1.32. The summed E-state index contributed by atoms with van der Waals surface area (Å²) in [5, 5.41) is 12.0. The molecule has 2 aromatic heterocycles. The van der Waals surface area contributed by atoms with Gasteiger partial charge in [0.15, 0.2) is 0 Å². The molecule has 3 atom stereocenters. The fourth-order valence-corrected chi connectivity index (χ4v) is 4.50. The molecule has 4 rings (SSSR count). The molecule has 2 N–H and O–H groups in total. The number of carbonyl (C=O) groups is 1. The number of carbonyl (C=O) groups excluding carboxylic acids is 1. The van der Waals surface area contributed by atoms with Crippen LogP contribution < -0.4 is 0 Å². The molecule has 1 amide bonds. The number of pyridine rings is 1. The molecule has 1 unspecified atom stereocenters. The van der Waals surface area contributed by atoms with Gasteiger partial charge in [0.2, 0.25) is 0 Å². The van der Waals surface area contributed by atoms with Crippen molar-refractivity contribution in [1.82, 2.24) is 14.9 Å². The molecule has 2 aromatic rings. The quantitative estimate of drug-likeness (QED) is 0.815. The second-order valence-corrected chi connectivity index (χ2v) is 8.43. The molecule has 0 aliphatic carbocycles. The molecule has 0 aromatic carbocycles. The van der Waals surface area contributed by atoms with Gasteiger partial charge in [-0.05, 0) is 39.7 Å². The number of amides is 1. The Kier molecular flexibility index (Phi) is 3.77. The smallest absolute Gasteiger partial charge is 0.410 e. The van der Waals surface area contributed by atoms with Gasteiger partial charge >= 0.3 is 6.09 Å². The highest BCUT2D eigenvalue weighted by molar-refractivity contribution is 5.80. The van der Waals surface area contributed by atoms with Crippen LogP contribution in [0.3, 0.4) is 0 Å². The molecule has 2 saturated heterocycles. The van der Waals surface area contributed by atoms with E-state index in [1.165, 1.54) is 0 Å². The first kappa shape index (κ1) is 17.3. The summed E-state index contributed by atoms with van der Waals surface area (Å²) in [6.45, 7) is 5.51. The third-order valence-electron chi connectivity index (χ3n) is 5.38. The van der Waals surface area contributed by atoms with Crippen molar-refractivity contribution in [2.45, 2.75) is 69.7 Å². The predicted molar refractivity (Wildman–Crippen MR) is 94.1 cm³/mol. The van der Waals surface area contributed by atoms with Crippen LogP contribution in [0, 0.1) is 5.82 Å². The highest BCUT2D eigenvalue weighted by atomic mass is 19.1. The Balaban J connectivity index is 1.67. The van der Waals surface area contributed by atoms with Gasteiger partial charge in [-0.25, -0.2) is 14.2 Å². The maximum atomic E-state index is 14.6. The highest BCUT2D eigenvalue weighted by Gasteiger charge is 2.52. The summed E-state index contributed by atoms with van der Waals surface area (Å²) in [4.78, 5) is 21.3. The lowest BCUT2D eigenvalue weighted by Gasteiger charge is -2.44. The number of hydrogen-bond donors (Lipinski definition) is 2. The first-order valence-corrected chi connectivity index (χ1v) is 9.04. The van der Waals surface area contributed by atoms with Gasteiger partial charge in [-0.2, -0.15) is 0 Å². The first-order valence-electron chi connectivity index (χ1n) is 9.04. The number of rotatable bonds is 1. The number of halogens is 1. The average molecular weight is 361 g/mol. The Hall–Kier alpha value is -2.15. The summed E-state index contributed by atoms with van der Waals surface area (Å²) in [5.41, 5.74) is -1.06. The van der Waals surface area contributed by atoms with Gasteiger partial charge in [0.1, 0.15) is 17.1 Å². The molecule has 26 heavy (non-hydrogen) atoms. The van der Waals surface area contributed by atoms with Crippen LogP contribution in [0.25, 0.3) is 11.0 Å². The van der Waals surface area contributed by atoms with Crippen LogP contribution >= 0.6 is 0 Å². The summed E-state index contributed by atoms with van der Waals surface area (Å²) in [5.74, 6) is -0.510. The van der Waals surface area contributed by atoms with E-state index in [0.717, 1.165) is 19.0 Å². The number of piperidine rings is 1. The van der Waals surface area contributed by atoms with Crippen molar-refractivity contribution in [2.75, 3.05) is 0 Å². The zero-order valence-electron chi connectivity index (χ0n) is 15.3. The van der Waals surface area contributed by atoms with Crippen molar-refractivity contribution >= 4 is 17.1 Å². The fraction of sp³-hybridized carbons (Fsp3) is 0.579. The van der Waals surface area contributed by atoms with E-state index in [1.54, 1.807) is 17.2 Å². The van der Waals surface area contributed by atoms with Crippen LogP contribution in [0.4, 0.5) is 9.18 Å². The number of aromatic amines is 1. The van der Waals surface area contributed by atoms with E-state index < -0.39 is 17.0 Å². The topological polar surface area (TPSA) is 78.4 Å². The van der Waals surface area contributed by atoms with E-state index in [4.69, 9.17) is 4.74 Å². The Labute approximate surface area is 151 Å². The first-order chi connectivity index (χ1) is 12.2. The Bertz CT molecular complexity index is 843. The number of aromatic nitrogens is 2. The monoisotopic (exact) mass is 361 g/mol. The van der Waals surface area contributed by atoms with Crippen molar-refractivity contribution in [3.63, 3.8) is 0 Å². The Morgan fingerprint density at radius 3 is 2.65 bits per heavy atom. The molecule has 0 radical (unpaired) electrons. The molecule has 0 saturated carbocycles. The second-order valence-electron chi connectivity index (χ2n) is 8.43. The molecule has 0 spiro atoms. The maximum Gasteiger partial charge on any atom is 0.410 e. The third-order valence-corrected chi connectivity index (χ3v) is 5.38. The van der Waals surface area contributed by atoms with E-state index in [2.05, 4.69) is 9.97 Å². The fourth-order valence-electron chi connectivity index (χ4n) is 4.50. The summed E-state index contributed by atoms with van der Waals surface area (Å²) in [7, 11) is 0. The Morgan fingerprint density at radius 1 is 1.38 bits per heavy atom. The number of H-pyrrole nitrogens is 1. The van der Waals surface area contributed by atoms with Crippen molar-refractivity contribution in [1.29, 1.82) is 0 Å². The molecule has 7 heteroatoms. The lowest BCUT2D eigenvalue weighted by atomic mass is 9.79. The number of aliphatic hydroxyl groups is 1. The van der Waals surface area contributed by atoms with Gasteiger partial charge in [-0.1, -0.05) is 0 Å². The van der Waals surface area contributed by atoms with Crippen LogP contribution in [0.2, 0.25) is 0 Å². The molecule has 4 heterocycles. The Morgan fingerprint density at radius 2 is 2.04 bits per heavy atom. The van der Waals surface area contributed by atoms with Gasteiger partial charge in [0.25, 0.3) is 0 Å². The molecule has 140 valence electrons. The molecule has 6 nitrogen and oxygen atoms in total. The average Bonchev–Trinajstić information content (AvgIpc) is 3.08. The molecule has 2 aliphatic rings. The predicted octanol–water partition coefficient (Wildman–Crippen LogP) is 3.45. The molecule has 2 aliphatic heterocycles. The number of ether oxygens (including phenoxy) is 1. The minimum absolute atomic E-state index is 0.157. The van der Waals surface area contributed by atoms with Gasteiger partial charge < -0.3 is 19.7 Å². The zero-order chi connectivity index (χ0) is 18.7. The number of hydrogen-bond acceptors (Lipinski definition) is 4. The highest BCUT2D eigenvalue weighted by Crippen LogP contribution is 2.48. The van der Waals surface area contributed by atoms with Gasteiger partial charge in [0, 0.05) is 42.1 Å². The molecule has 2 fully saturated rings. The van der Waals surface area contributed by atoms with E-state index in [-0.39, 0.29) is 23.7 Å². The number of nitrogens with one attached hydrogen (secondary N) is 1. The minimum Gasteiger partial charge on any atom is -0.444 e. The number of nitrogens with zero attached hydrogens (tertiary/aromatic N) is 2. The summed E-state index contributed by atoms with van der Waals surface area (Å²) in [6, 6.07) is 1.42. The zero-order valence-corrected chi connectivity index (χ0v) is 15.3. The van der Waals surface area contributed by atoms with Crippen LogP contribution in [0.5, 0.6) is 0 Å². The van der Waals surface area contributed by atoms with Crippen LogP contribution in [-0.4, -0.2) is 43.8 Å². The van der Waals surface area contributed by atoms with Crippen molar-refractivity contribution in [3.05, 3.63) is 29.8 Å². The molecular formula is C19H24FN3O3. The normalized spacial score (nSPS) is 28.6. The van der Waals surface area contributed by atoms with Crippen LogP contribution in [-0.2, 0) is 10.3 Å². The number of fused-ring (bicyclic) bond motifs is 3. The lowest BCUT2D eigenvalue weighted by Crippen LogP contribution is -2.53. The van der Waals surface area contributed by atoms with Crippen LogP contribution in [0.1, 0.15) is 52.0 Å². The van der Waals surface area contributed by atoms with Crippen molar-refractivity contribution < 1.29 is 19.0 Å². The summed E-state index contributed by atoms with van der Waals surface area (Å²) < 4.78 is 20.2. The van der Waals surface area contributed by atoms with E-state index in [0.29, 0.717) is 23.9 Å².